The van der Waals surface area contributed by atoms with Gasteiger partial charge in [0.1, 0.15) is 0 Å². The number of pyridine rings is 1. The van der Waals surface area contributed by atoms with Gasteiger partial charge in [-0.25, -0.2) is 0 Å². The molecule has 0 spiro atoms. The quantitative estimate of drug-likeness (QED) is 0.602. The fourth-order valence-corrected chi connectivity index (χ4v) is 1.23. The molecule has 0 atom stereocenters. The van der Waals surface area contributed by atoms with Crippen LogP contribution in [0, 0.1) is 0 Å². The number of alkyl halides is 1. The van der Waals surface area contributed by atoms with E-state index in [-0.39, 0.29) is 5.91 Å². The molecule has 1 rings (SSSR count). The summed E-state index contributed by atoms with van der Waals surface area (Å²) in [6.45, 7) is 0. The highest BCUT2D eigenvalue weighted by Crippen LogP contribution is 2.05. The molecular formula is C10H13ClN2O. The van der Waals surface area contributed by atoms with Crippen LogP contribution in [0.5, 0.6) is 0 Å². The molecule has 0 aliphatic heterocycles. The van der Waals surface area contributed by atoms with E-state index in [2.05, 4.69) is 10.3 Å². The molecule has 1 N–H and O–H groups in total. The van der Waals surface area contributed by atoms with E-state index in [1.807, 2.05) is 6.07 Å². The summed E-state index contributed by atoms with van der Waals surface area (Å²) < 4.78 is 0. The van der Waals surface area contributed by atoms with E-state index in [0.29, 0.717) is 12.3 Å². The van der Waals surface area contributed by atoms with Gasteiger partial charge in [0.15, 0.2) is 0 Å². The van der Waals surface area contributed by atoms with Crippen LogP contribution in [0.4, 0.5) is 5.69 Å². The number of amides is 1. The topological polar surface area (TPSA) is 42.0 Å². The molecule has 0 aromatic carbocycles. The van der Waals surface area contributed by atoms with Crippen molar-refractivity contribution in [2.45, 2.75) is 19.3 Å². The van der Waals surface area contributed by atoms with E-state index in [1.54, 1.807) is 18.5 Å². The molecule has 76 valence electrons. The maximum atomic E-state index is 11.3. The minimum atomic E-state index is 0.0168. The second-order valence-corrected chi connectivity index (χ2v) is 3.31. The van der Waals surface area contributed by atoms with E-state index in [0.717, 1.165) is 18.5 Å². The van der Waals surface area contributed by atoms with E-state index < -0.39 is 0 Å². The molecule has 0 radical (unpaired) electrons. The van der Waals surface area contributed by atoms with Crippen LogP contribution < -0.4 is 5.32 Å². The fourth-order valence-electron chi connectivity index (χ4n) is 1.04. The Balaban J connectivity index is 2.27. The number of unbranched alkanes of at least 4 members (excludes halogenated alkanes) is 1. The lowest BCUT2D eigenvalue weighted by Gasteiger charge is -2.03. The highest BCUT2D eigenvalue weighted by Gasteiger charge is 2.00. The molecule has 4 heteroatoms. The van der Waals surface area contributed by atoms with Crippen molar-refractivity contribution in [2.24, 2.45) is 0 Å². The number of carbonyl (C=O) groups is 1. The molecule has 1 heterocycles. The number of hydrogen-bond donors (Lipinski definition) is 1. The van der Waals surface area contributed by atoms with Gasteiger partial charge in [0.2, 0.25) is 5.91 Å². The zero-order valence-electron chi connectivity index (χ0n) is 7.87. The van der Waals surface area contributed by atoms with E-state index >= 15 is 0 Å². The van der Waals surface area contributed by atoms with Crippen molar-refractivity contribution < 1.29 is 4.79 Å². The SMILES string of the molecule is O=C(CCCCCl)Nc1cccnc1. The first-order valence-electron chi connectivity index (χ1n) is 4.59. The second kappa shape index (κ2) is 6.38. The van der Waals surface area contributed by atoms with E-state index in [4.69, 9.17) is 11.6 Å². The third-order valence-electron chi connectivity index (χ3n) is 1.73. The molecule has 0 saturated carbocycles. The van der Waals surface area contributed by atoms with Gasteiger partial charge in [0.25, 0.3) is 0 Å². The standard InChI is InChI=1S/C10H13ClN2O/c11-6-2-1-5-10(14)13-9-4-3-7-12-8-9/h3-4,7-8H,1-2,5-6H2,(H,13,14). The predicted octanol–water partition coefficient (Wildman–Crippen LogP) is 2.43. The molecule has 0 fully saturated rings. The third kappa shape index (κ3) is 4.23. The lowest BCUT2D eigenvalue weighted by Crippen LogP contribution is -2.11. The first-order chi connectivity index (χ1) is 6.83. The van der Waals surface area contributed by atoms with Gasteiger partial charge in [-0.2, -0.15) is 0 Å². The molecule has 0 unspecified atom stereocenters. The van der Waals surface area contributed by atoms with Crippen LogP contribution in [0.15, 0.2) is 24.5 Å². The Kier molecular flexibility index (Phi) is 5.00. The Hall–Kier alpha value is -1.09. The minimum absolute atomic E-state index is 0.0168. The zero-order valence-corrected chi connectivity index (χ0v) is 8.63. The van der Waals surface area contributed by atoms with Gasteiger partial charge in [-0.15, -0.1) is 11.6 Å². The number of anilines is 1. The molecule has 0 bridgehead atoms. The summed E-state index contributed by atoms with van der Waals surface area (Å²) in [5.41, 5.74) is 0.739. The Labute approximate surface area is 88.5 Å². The summed E-state index contributed by atoms with van der Waals surface area (Å²) in [5, 5.41) is 2.76. The van der Waals surface area contributed by atoms with Gasteiger partial charge < -0.3 is 5.32 Å². The molecule has 0 saturated heterocycles. The molecular weight excluding hydrogens is 200 g/mol. The Morgan fingerprint density at radius 1 is 1.50 bits per heavy atom. The minimum Gasteiger partial charge on any atom is -0.325 e. The number of aromatic nitrogens is 1. The Morgan fingerprint density at radius 2 is 2.36 bits per heavy atom. The van der Waals surface area contributed by atoms with Crippen molar-refractivity contribution in [1.82, 2.24) is 4.98 Å². The second-order valence-electron chi connectivity index (χ2n) is 2.94. The number of hydrogen-bond acceptors (Lipinski definition) is 2. The van der Waals surface area contributed by atoms with E-state index in [1.165, 1.54) is 0 Å². The average Bonchev–Trinajstić information content (AvgIpc) is 2.20. The van der Waals surface area contributed by atoms with Crippen LogP contribution in [0.2, 0.25) is 0 Å². The third-order valence-corrected chi connectivity index (χ3v) is 2.00. The predicted molar refractivity (Wildman–Crippen MR) is 57.4 cm³/mol. The van der Waals surface area contributed by atoms with Crippen molar-refractivity contribution in [3.63, 3.8) is 0 Å². The van der Waals surface area contributed by atoms with Crippen molar-refractivity contribution in [3.05, 3.63) is 24.5 Å². The lowest BCUT2D eigenvalue weighted by atomic mass is 10.2. The maximum absolute atomic E-state index is 11.3. The molecule has 1 amide bonds. The largest absolute Gasteiger partial charge is 0.325 e. The van der Waals surface area contributed by atoms with Gasteiger partial charge in [-0.3, -0.25) is 9.78 Å². The first-order valence-corrected chi connectivity index (χ1v) is 5.12. The van der Waals surface area contributed by atoms with Gasteiger partial charge in [-0.1, -0.05) is 0 Å². The summed E-state index contributed by atoms with van der Waals surface area (Å²) in [7, 11) is 0. The smallest absolute Gasteiger partial charge is 0.224 e. The van der Waals surface area contributed by atoms with Gasteiger partial charge in [0.05, 0.1) is 11.9 Å². The number of rotatable bonds is 5. The van der Waals surface area contributed by atoms with E-state index in [9.17, 15) is 4.79 Å². The van der Waals surface area contributed by atoms with Gasteiger partial charge in [0, 0.05) is 18.5 Å². The fraction of sp³-hybridized carbons (Fsp3) is 0.400. The number of halogens is 1. The van der Waals surface area contributed by atoms with Crippen molar-refractivity contribution in [1.29, 1.82) is 0 Å². The normalized spacial score (nSPS) is 9.79. The van der Waals surface area contributed by atoms with Crippen LogP contribution in [0.25, 0.3) is 0 Å². The van der Waals surface area contributed by atoms with Crippen molar-refractivity contribution in [2.75, 3.05) is 11.2 Å². The van der Waals surface area contributed by atoms with Gasteiger partial charge in [-0.05, 0) is 25.0 Å². The number of nitrogens with zero attached hydrogens (tertiary/aromatic N) is 1. The van der Waals surface area contributed by atoms with Crippen molar-refractivity contribution in [3.8, 4) is 0 Å². The maximum Gasteiger partial charge on any atom is 0.224 e. The summed E-state index contributed by atoms with van der Waals surface area (Å²) in [6, 6.07) is 3.60. The highest BCUT2D eigenvalue weighted by atomic mass is 35.5. The summed E-state index contributed by atoms with van der Waals surface area (Å²) in [5.74, 6) is 0.628. The van der Waals surface area contributed by atoms with Gasteiger partial charge >= 0.3 is 0 Å². The Bertz CT molecular complexity index is 277. The van der Waals surface area contributed by atoms with Crippen LogP contribution in [0.3, 0.4) is 0 Å². The van der Waals surface area contributed by atoms with Crippen LogP contribution in [-0.2, 0) is 4.79 Å². The molecule has 1 aromatic heterocycles. The number of nitrogens with one attached hydrogen (secondary N) is 1. The molecule has 0 aliphatic carbocycles. The Morgan fingerprint density at radius 3 is 3.00 bits per heavy atom. The van der Waals surface area contributed by atoms with Crippen LogP contribution >= 0.6 is 11.6 Å². The zero-order chi connectivity index (χ0) is 10.2. The number of carbonyl (C=O) groups excluding carboxylic acids is 1. The molecule has 0 aliphatic rings. The molecule has 3 nitrogen and oxygen atoms in total. The molecule has 1 aromatic rings. The monoisotopic (exact) mass is 212 g/mol. The van der Waals surface area contributed by atoms with Crippen LogP contribution in [0.1, 0.15) is 19.3 Å². The van der Waals surface area contributed by atoms with Crippen molar-refractivity contribution >= 4 is 23.2 Å². The highest BCUT2D eigenvalue weighted by molar-refractivity contribution is 6.17. The molecule has 14 heavy (non-hydrogen) atoms. The average molecular weight is 213 g/mol. The lowest BCUT2D eigenvalue weighted by molar-refractivity contribution is -0.116. The summed E-state index contributed by atoms with van der Waals surface area (Å²) in [4.78, 5) is 15.2. The first kappa shape index (κ1) is 11.0. The summed E-state index contributed by atoms with van der Waals surface area (Å²) in [6.07, 6.45) is 5.52. The van der Waals surface area contributed by atoms with Crippen LogP contribution in [-0.4, -0.2) is 16.8 Å². The summed E-state index contributed by atoms with van der Waals surface area (Å²) >= 11 is 5.50.